The Labute approximate surface area is 139 Å². The van der Waals surface area contributed by atoms with Crippen molar-refractivity contribution in [1.82, 2.24) is 20.1 Å². The average Bonchev–Trinajstić information content (AvgIpc) is 3.00. The zero-order valence-electron chi connectivity index (χ0n) is 13.1. The van der Waals surface area contributed by atoms with Crippen molar-refractivity contribution in [3.05, 3.63) is 72.2 Å². The molecule has 122 valence electrons. The molecule has 1 aliphatic rings. The molecule has 1 saturated carbocycles. The van der Waals surface area contributed by atoms with Crippen LogP contribution in [0.15, 0.2) is 59.7 Å². The summed E-state index contributed by atoms with van der Waals surface area (Å²) in [5.41, 5.74) is 2.21. The molecule has 0 aliphatic heterocycles. The molecule has 6 nitrogen and oxygen atoms in total. The van der Waals surface area contributed by atoms with E-state index in [4.69, 9.17) is 4.42 Å². The van der Waals surface area contributed by atoms with Crippen LogP contribution in [-0.2, 0) is 17.9 Å². The Morgan fingerprint density at radius 1 is 1.29 bits per heavy atom. The molecule has 0 spiro atoms. The molecule has 1 aromatic carbocycles. The molecular weight excluding hydrogens is 304 g/mol. The van der Waals surface area contributed by atoms with Crippen molar-refractivity contribution in [3.8, 4) is 0 Å². The second-order valence-electron chi connectivity index (χ2n) is 6.09. The van der Waals surface area contributed by atoms with Crippen LogP contribution in [0.3, 0.4) is 0 Å². The van der Waals surface area contributed by atoms with Gasteiger partial charge in [0.1, 0.15) is 18.4 Å². The third kappa shape index (κ3) is 3.22. The minimum atomic E-state index is 0.0366. The van der Waals surface area contributed by atoms with Gasteiger partial charge in [0.15, 0.2) is 0 Å². The van der Waals surface area contributed by atoms with Crippen LogP contribution in [0.4, 0.5) is 0 Å². The predicted octanol–water partition coefficient (Wildman–Crippen LogP) is 2.34. The standard InChI is InChI=1S/C18H18N4O2/c23-18(16-8-15(16)17-5-2-6-24-17)20-9-13-3-1-4-14(7-13)10-22-12-19-11-21-22/h1-7,11-12,15-16H,8-10H2,(H,20,23)/t15-,16-/m0/s1. The van der Waals surface area contributed by atoms with Crippen LogP contribution in [0.25, 0.3) is 0 Å². The Bertz CT molecular complexity index is 811. The molecule has 0 unspecified atom stereocenters. The quantitative estimate of drug-likeness (QED) is 0.756. The average molecular weight is 322 g/mol. The number of carbonyl (C=O) groups is 1. The van der Waals surface area contributed by atoms with E-state index in [1.54, 1.807) is 17.3 Å². The Morgan fingerprint density at radius 3 is 3.00 bits per heavy atom. The van der Waals surface area contributed by atoms with Crippen LogP contribution in [0.1, 0.15) is 29.2 Å². The maximum absolute atomic E-state index is 12.3. The third-order valence-corrected chi connectivity index (χ3v) is 4.31. The number of amides is 1. The number of nitrogens with one attached hydrogen (secondary N) is 1. The SMILES string of the molecule is O=C(NCc1cccc(Cn2cncn2)c1)[C@H]1C[C@@H]1c1ccco1. The first kappa shape index (κ1) is 14.7. The number of hydrogen-bond donors (Lipinski definition) is 1. The largest absolute Gasteiger partial charge is 0.469 e. The lowest BCUT2D eigenvalue weighted by Crippen LogP contribution is -2.24. The summed E-state index contributed by atoms with van der Waals surface area (Å²) in [5.74, 6) is 1.27. The van der Waals surface area contributed by atoms with Gasteiger partial charge >= 0.3 is 0 Å². The molecule has 1 fully saturated rings. The molecule has 2 aromatic heterocycles. The van der Waals surface area contributed by atoms with E-state index in [0.717, 1.165) is 23.3 Å². The molecular formula is C18H18N4O2. The zero-order valence-corrected chi connectivity index (χ0v) is 13.1. The van der Waals surface area contributed by atoms with E-state index in [-0.39, 0.29) is 17.7 Å². The van der Waals surface area contributed by atoms with Crippen molar-refractivity contribution in [2.45, 2.75) is 25.4 Å². The molecule has 24 heavy (non-hydrogen) atoms. The highest BCUT2D eigenvalue weighted by molar-refractivity contribution is 5.82. The Balaban J connectivity index is 1.32. The fourth-order valence-electron chi connectivity index (χ4n) is 2.96. The molecule has 3 aromatic rings. The summed E-state index contributed by atoms with van der Waals surface area (Å²) in [6.07, 6.45) is 5.74. The van der Waals surface area contributed by atoms with Gasteiger partial charge in [0.05, 0.1) is 12.8 Å². The fourth-order valence-corrected chi connectivity index (χ4v) is 2.96. The van der Waals surface area contributed by atoms with Gasteiger partial charge in [-0.2, -0.15) is 5.10 Å². The van der Waals surface area contributed by atoms with Gasteiger partial charge in [-0.1, -0.05) is 24.3 Å². The fraction of sp³-hybridized carbons (Fsp3) is 0.278. The van der Waals surface area contributed by atoms with Gasteiger partial charge in [-0.15, -0.1) is 0 Å². The molecule has 1 N–H and O–H groups in total. The maximum Gasteiger partial charge on any atom is 0.224 e. The second-order valence-corrected chi connectivity index (χ2v) is 6.09. The highest BCUT2D eigenvalue weighted by atomic mass is 16.3. The minimum absolute atomic E-state index is 0.0366. The number of aromatic nitrogens is 3. The van der Waals surface area contributed by atoms with E-state index in [9.17, 15) is 4.79 Å². The van der Waals surface area contributed by atoms with Crippen molar-refractivity contribution >= 4 is 5.91 Å². The van der Waals surface area contributed by atoms with E-state index in [2.05, 4.69) is 21.5 Å². The lowest BCUT2D eigenvalue weighted by Gasteiger charge is -2.07. The molecule has 2 heterocycles. The first-order valence-electron chi connectivity index (χ1n) is 8.01. The lowest BCUT2D eigenvalue weighted by atomic mass is 10.1. The summed E-state index contributed by atoms with van der Waals surface area (Å²) in [4.78, 5) is 16.2. The molecule has 1 aliphatic carbocycles. The van der Waals surface area contributed by atoms with E-state index < -0.39 is 0 Å². The van der Waals surface area contributed by atoms with Crippen molar-refractivity contribution in [3.63, 3.8) is 0 Å². The summed E-state index contributed by atoms with van der Waals surface area (Å²) in [6, 6.07) is 11.9. The van der Waals surface area contributed by atoms with Crippen molar-refractivity contribution in [2.75, 3.05) is 0 Å². The van der Waals surface area contributed by atoms with E-state index in [1.807, 2.05) is 30.3 Å². The van der Waals surface area contributed by atoms with Crippen LogP contribution in [-0.4, -0.2) is 20.7 Å². The van der Waals surface area contributed by atoms with Gasteiger partial charge in [0, 0.05) is 18.4 Å². The summed E-state index contributed by atoms with van der Waals surface area (Å²) < 4.78 is 7.15. The molecule has 2 atom stereocenters. The number of furan rings is 1. The lowest BCUT2D eigenvalue weighted by molar-refractivity contribution is -0.122. The Morgan fingerprint density at radius 2 is 2.21 bits per heavy atom. The Kier molecular flexibility index (Phi) is 3.86. The summed E-state index contributed by atoms with van der Waals surface area (Å²) in [6.45, 7) is 1.20. The molecule has 1 amide bonds. The van der Waals surface area contributed by atoms with E-state index in [0.29, 0.717) is 13.1 Å². The van der Waals surface area contributed by atoms with Gasteiger partial charge in [0.2, 0.25) is 5.91 Å². The third-order valence-electron chi connectivity index (χ3n) is 4.31. The zero-order chi connectivity index (χ0) is 16.4. The van der Waals surface area contributed by atoms with Crippen LogP contribution >= 0.6 is 0 Å². The van der Waals surface area contributed by atoms with Gasteiger partial charge in [-0.05, 0) is 29.7 Å². The summed E-state index contributed by atoms with van der Waals surface area (Å²) in [5, 5.41) is 7.13. The summed E-state index contributed by atoms with van der Waals surface area (Å²) in [7, 11) is 0. The van der Waals surface area contributed by atoms with Crippen molar-refractivity contribution < 1.29 is 9.21 Å². The van der Waals surface area contributed by atoms with E-state index >= 15 is 0 Å². The number of rotatable bonds is 6. The number of carbonyl (C=O) groups excluding carboxylic acids is 1. The highest BCUT2D eigenvalue weighted by Gasteiger charge is 2.45. The normalized spacial score (nSPS) is 19.2. The van der Waals surface area contributed by atoms with Crippen molar-refractivity contribution in [2.24, 2.45) is 5.92 Å². The molecule has 0 bridgehead atoms. The first-order valence-corrected chi connectivity index (χ1v) is 8.01. The van der Waals surface area contributed by atoms with Crippen LogP contribution < -0.4 is 5.32 Å². The van der Waals surface area contributed by atoms with Crippen LogP contribution in [0, 0.1) is 5.92 Å². The van der Waals surface area contributed by atoms with Crippen LogP contribution in [0.2, 0.25) is 0 Å². The van der Waals surface area contributed by atoms with Crippen molar-refractivity contribution in [1.29, 1.82) is 0 Å². The molecule has 0 saturated heterocycles. The number of nitrogens with zero attached hydrogens (tertiary/aromatic N) is 3. The smallest absolute Gasteiger partial charge is 0.224 e. The monoisotopic (exact) mass is 322 g/mol. The first-order chi connectivity index (χ1) is 11.8. The molecule has 0 radical (unpaired) electrons. The van der Waals surface area contributed by atoms with E-state index in [1.165, 1.54) is 6.33 Å². The van der Waals surface area contributed by atoms with Crippen LogP contribution in [0.5, 0.6) is 0 Å². The second kappa shape index (κ2) is 6.31. The summed E-state index contributed by atoms with van der Waals surface area (Å²) >= 11 is 0. The van der Waals surface area contributed by atoms with Gasteiger partial charge in [-0.25, -0.2) is 9.67 Å². The molecule has 4 rings (SSSR count). The van der Waals surface area contributed by atoms with Gasteiger partial charge in [-0.3, -0.25) is 4.79 Å². The maximum atomic E-state index is 12.3. The number of benzene rings is 1. The minimum Gasteiger partial charge on any atom is -0.469 e. The van der Waals surface area contributed by atoms with Gasteiger partial charge < -0.3 is 9.73 Å². The topological polar surface area (TPSA) is 73.0 Å². The predicted molar refractivity (Wildman–Crippen MR) is 87.0 cm³/mol. The van der Waals surface area contributed by atoms with Gasteiger partial charge in [0.25, 0.3) is 0 Å². The number of hydrogen-bond acceptors (Lipinski definition) is 4. The highest BCUT2D eigenvalue weighted by Crippen LogP contribution is 2.47. The molecule has 6 heteroatoms. The Hall–Kier alpha value is -2.89.